The number of hydrogen-bond acceptors (Lipinski definition) is 7. The van der Waals surface area contributed by atoms with Gasteiger partial charge in [0.05, 0.1) is 6.61 Å². The molecule has 9 heteroatoms. The molecule has 0 unspecified atom stereocenters. The second kappa shape index (κ2) is 11.4. The minimum absolute atomic E-state index is 0.00111. The fourth-order valence-corrected chi connectivity index (χ4v) is 6.67. The molecule has 8 nitrogen and oxygen atoms in total. The largest absolute Gasteiger partial charge is 0.464 e. The molecule has 0 saturated heterocycles. The van der Waals surface area contributed by atoms with Gasteiger partial charge in [-0.05, 0) is 86.8 Å². The first-order valence-corrected chi connectivity index (χ1v) is 15.5. The number of nitrogens with zero attached hydrogens (tertiary/aromatic N) is 5. The van der Waals surface area contributed by atoms with Crippen molar-refractivity contribution in [3.63, 3.8) is 0 Å². The van der Waals surface area contributed by atoms with Gasteiger partial charge in [0.15, 0.2) is 5.82 Å². The van der Waals surface area contributed by atoms with Crippen LogP contribution >= 0.6 is 11.6 Å². The van der Waals surface area contributed by atoms with E-state index < -0.39 is 0 Å². The molecular weight excluding hydrogens is 562 g/mol. The summed E-state index contributed by atoms with van der Waals surface area (Å²) in [7, 11) is 0. The molecule has 0 N–H and O–H groups in total. The molecule has 0 aliphatic heterocycles. The van der Waals surface area contributed by atoms with E-state index in [1.54, 1.807) is 24.5 Å². The highest BCUT2D eigenvalue weighted by Crippen LogP contribution is 2.58. The van der Waals surface area contributed by atoms with Crippen molar-refractivity contribution in [3.8, 4) is 17.1 Å². The van der Waals surface area contributed by atoms with Crippen LogP contribution in [0.3, 0.4) is 0 Å². The average molecular weight is 600 g/mol. The molecule has 2 aromatic heterocycles. The third-order valence-corrected chi connectivity index (χ3v) is 9.39. The van der Waals surface area contributed by atoms with Crippen LogP contribution in [0.25, 0.3) is 11.1 Å². The van der Waals surface area contributed by atoms with Crippen LogP contribution in [0.2, 0.25) is 5.02 Å². The van der Waals surface area contributed by atoms with Crippen LogP contribution in [0.4, 0.5) is 5.69 Å². The molecule has 3 aliphatic rings. The number of benzene rings is 2. The van der Waals surface area contributed by atoms with Gasteiger partial charge in [-0.25, -0.2) is 9.97 Å². The molecule has 0 spiro atoms. The van der Waals surface area contributed by atoms with Gasteiger partial charge in [-0.1, -0.05) is 55.7 Å². The molecule has 43 heavy (non-hydrogen) atoms. The number of carbonyl (C=O) groups is 1. The molecule has 2 heterocycles. The Bertz CT molecular complexity index is 1590. The SMILES string of the molecule is CCOc1ncc(-c2cccc(N(CC34CCC(c5nc(C(C)(C)C)no5)(CC3)CC4)C(=O)c3cccc(Cl)c3)c2)cn1. The van der Waals surface area contributed by atoms with Crippen molar-refractivity contribution in [1.29, 1.82) is 0 Å². The minimum Gasteiger partial charge on any atom is -0.464 e. The molecule has 2 bridgehead atoms. The number of amides is 1. The highest BCUT2D eigenvalue weighted by atomic mass is 35.5. The molecule has 7 rings (SSSR count). The maximum atomic E-state index is 14.2. The summed E-state index contributed by atoms with van der Waals surface area (Å²) in [6.45, 7) is 9.35. The van der Waals surface area contributed by atoms with Crippen LogP contribution in [-0.4, -0.2) is 39.2 Å². The molecule has 2 aromatic carbocycles. The Balaban J connectivity index is 1.29. The highest BCUT2D eigenvalue weighted by Gasteiger charge is 2.53. The van der Waals surface area contributed by atoms with Crippen molar-refractivity contribution >= 4 is 23.2 Å². The minimum atomic E-state index is -0.154. The van der Waals surface area contributed by atoms with Crippen LogP contribution in [0.1, 0.15) is 88.3 Å². The molecule has 3 aliphatic carbocycles. The van der Waals surface area contributed by atoms with E-state index in [1.807, 2.05) is 48.2 Å². The number of hydrogen-bond donors (Lipinski definition) is 0. The lowest BCUT2D eigenvalue weighted by atomic mass is 9.53. The van der Waals surface area contributed by atoms with Gasteiger partial charge >= 0.3 is 6.01 Å². The van der Waals surface area contributed by atoms with E-state index >= 15 is 0 Å². The summed E-state index contributed by atoms with van der Waals surface area (Å²) >= 11 is 6.32. The highest BCUT2D eigenvalue weighted by molar-refractivity contribution is 6.31. The first-order chi connectivity index (χ1) is 20.6. The van der Waals surface area contributed by atoms with Crippen LogP contribution in [0.5, 0.6) is 6.01 Å². The van der Waals surface area contributed by atoms with Gasteiger partial charge in [-0.15, -0.1) is 0 Å². The standard InChI is InChI=1S/C34H38ClN5O3/c1-5-42-31-36-20-25(21-37-31)23-8-7-11-27(19-23)40(28(41)24-9-6-10-26(35)18-24)22-33-12-15-34(16-13-33,17-14-33)30-38-29(39-43-30)32(2,3)4/h6-11,18-21H,5,12-17,22H2,1-4H3. The van der Waals surface area contributed by atoms with E-state index in [4.69, 9.17) is 25.8 Å². The lowest BCUT2D eigenvalue weighted by molar-refractivity contribution is 0.0274. The first-order valence-electron chi connectivity index (χ1n) is 15.1. The molecule has 3 saturated carbocycles. The summed E-state index contributed by atoms with van der Waals surface area (Å²) in [5, 5.41) is 4.86. The van der Waals surface area contributed by atoms with Gasteiger partial charge in [0.1, 0.15) is 0 Å². The van der Waals surface area contributed by atoms with E-state index in [-0.39, 0.29) is 22.2 Å². The first kappa shape index (κ1) is 29.3. The molecule has 0 atom stereocenters. The number of fused-ring (bicyclic) bond motifs is 3. The second-order valence-electron chi connectivity index (χ2n) is 13.1. The second-order valence-corrected chi connectivity index (χ2v) is 13.5. The third kappa shape index (κ3) is 5.90. The molecular formula is C34H38ClN5O3. The fourth-order valence-electron chi connectivity index (χ4n) is 6.48. The Hall–Kier alpha value is -3.78. The van der Waals surface area contributed by atoms with Crippen LogP contribution in [0, 0.1) is 5.41 Å². The topological polar surface area (TPSA) is 94.2 Å². The van der Waals surface area contributed by atoms with Gasteiger partial charge in [-0.2, -0.15) is 4.98 Å². The predicted octanol–water partition coefficient (Wildman–Crippen LogP) is 7.82. The average Bonchev–Trinajstić information content (AvgIpc) is 3.54. The summed E-state index contributed by atoms with van der Waals surface area (Å²) in [5.74, 6) is 1.48. The Kier molecular flexibility index (Phi) is 7.75. The zero-order valence-electron chi connectivity index (χ0n) is 25.3. The zero-order valence-corrected chi connectivity index (χ0v) is 26.0. The summed E-state index contributed by atoms with van der Waals surface area (Å²) in [4.78, 5) is 29.7. The molecule has 4 aromatic rings. The molecule has 3 fully saturated rings. The number of aromatic nitrogens is 4. The number of carbonyl (C=O) groups excluding carboxylic acids is 1. The normalized spacial score (nSPS) is 21.5. The van der Waals surface area contributed by atoms with Crippen molar-refractivity contribution in [2.45, 2.75) is 77.0 Å². The Morgan fingerprint density at radius 2 is 1.67 bits per heavy atom. The summed E-state index contributed by atoms with van der Waals surface area (Å²) in [6, 6.07) is 15.6. The third-order valence-electron chi connectivity index (χ3n) is 9.16. The van der Waals surface area contributed by atoms with Crippen LogP contribution in [-0.2, 0) is 10.8 Å². The van der Waals surface area contributed by atoms with E-state index in [0.29, 0.717) is 29.7 Å². The van der Waals surface area contributed by atoms with Crippen LogP contribution in [0.15, 0.2) is 65.4 Å². The lowest BCUT2D eigenvalue weighted by Crippen LogP contribution is -2.50. The van der Waals surface area contributed by atoms with E-state index in [9.17, 15) is 4.79 Å². The van der Waals surface area contributed by atoms with Gasteiger partial charge in [0.25, 0.3) is 5.91 Å². The van der Waals surface area contributed by atoms with Crippen molar-refractivity contribution < 1.29 is 14.1 Å². The summed E-state index contributed by atoms with van der Waals surface area (Å²) in [6.07, 6.45) is 9.40. The smallest absolute Gasteiger partial charge is 0.316 e. The lowest BCUT2D eigenvalue weighted by Gasteiger charge is -2.53. The van der Waals surface area contributed by atoms with E-state index in [1.165, 1.54) is 0 Å². The summed E-state index contributed by atoms with van der Waals surface area (Å²) in [5.41, 5.74) is 2.96. The molecule has 1 amide bonds. The fraction of sp³-hybridized carbons (Fsp3) is 0.441. The van der Waals surface area contributed by atoms with E-state index in [0.717, 1.165) is 67.1 Å². The number of rotatable bonds is 8. The maximum absolute atomic E-state index is 14.2. The van der Waals surface area contributed by atoms with Crippen molar-refractivity contribution in [1.82, 2.24) is 20.1 Å². The Labute approximate surface area is 257 Å². The van der Waals surface area contributed by atoms with Gasteiger partial charge < -0.3 is 14.2 Å². The van der Waals surface area contributed by atoms with Crippen molar-refractivity contribution in [2.75, 3.05) is 18.1 Å². The van der Waals surface area contributed by atoms with Crippen LogP contribution < -0.4 is 9.64 Å². The summed E-state index contributed by atoms with van der Waals surface area (Å²) < 4.78 is 11.3. The Morgan fingerprint density at radius 1 is 0.977 bits per heavy atom. The number of anilines is 1. The zero-order chi connectivity index (χ0) is 30.2. The number of ether oxygens (including phenoxy) is 1. The van der Waals surface area contributed by atoms with E-state index in [2.05, 4.69) is 35.9 Å². The van der Waals surface area contributed by atoms with Crippen molar-refractivity contribution in [2.24, 2.45) is 5.41 Å². The number of halogens is 1. The maximum Gasteiger partial charge on any atom is 0.316 e. The quantitative estimate of drug-likeness (QED) is 0.204. The monoisotopic (exact) mass is 599 g/mol. The van der Waals surface area contributed by atoms with Gasteiger partial charge in [-0.3, -0.25) is 4.79 Å². The van der Waals surface area contributed by atoms with Gasteiger partial charge in [0, 0.05) is 51.6 Å². The predicted molar refractivity (Wildman–Crippen MR) is 167 cm³/mol. The van der Waals surface area contributed by atoms with Crippen molar-refractivity contribution in [3.05, 3.63) is 83.2 Å². The molecule has 0 radical (unpaired) electrons. The van der Waals surface area contributed by atoms with Gasteiger partial charge in [0.2, 0.25) is 5.89 Å². The Morgan fingerprint density at radius 3 is 2.30 bits per heavy atom. The molecule has 224 valence electrons.